The molecule has 0 radical (unpaired) electrons. The summed E-state index contributed by atoms with van der Waals surface area (Å²) >= 11 is 3.47. The Balaban J connectivity index is 1.46. The molecule has 0 bridgehead atoms. The lowest BCUT2D eigenvalue weighted by Gasteiger charge is -2.13. The maximum absolute atomic E-state index is 12.4. The average molecular weight is 587 g/mol. The Morgan fingerprint density at radius 2 is 1.90 bits per heavy atom. The number of carbonyl (C=O) groups excluding carboxylic acids is 1. The van der Waals surface area contributed by atoms with Crippen molar-refractivity contribution >= 4 is 39.7 Å². The average Bonchev–Trinajstić information content (AvgIpc) is 2.94. The second-order valence-corrected chi connectivity index (χ2v) is 9.07. The van der Waals surface area contributed by atoms with Gasteiger partial charge in [-0.1, -0.05) is 48.0 Å². The first-order valence-electron chi connectivity index (χ1n) is 11.6. The predicted octanol–water partition coefficient (Wildman–Crippen LogP) is 4.85. The summed E-state index contributed by atoms with van der Waals surface area (Å²) in [5.74, 6) is 0.501. The molecule has 0 atom stereocenters. The standard InChI is InChI=1S/C28H23BrN6O4/c1-17-8-10-20(11-9-17)32-25(36)16-39-24-13-22(29)19(12-23(24)38-2)15-31-35-28-33-26(18-6-4-3-5-7-18)21(14-30)27(37)34-28/h3-13,15H,16H2,1-2H3,(H,32,36)(H2,33,34,35,37). The van der Waals surface area contributed by atoms with Gasteiger partial charge in [-0.25, -0.2) is 10.4 Å². The number of aromatic nitrogens is 2. The van der Waals surface area contributed by atoms with Gasteiger partial charge in [0.25, 0.3) is 11.5 Å². The van der Waals surface area contributed by atoms with Crippen molar-refractivity contribution in [2.75, 3.05) is 24.5 Å². The molecule has 0 spiro atoms. The van der Waals surface area contributed by atoms with E-state index < -0.39 is 5.56 Å². The topological polar surface area (TPSA) is 141 Å². The van der Waals surface area contributed by atoms with Crippen molar-refractivity contribution in [3.05, 3.63) is 98.2 Å². The summed E-state index contributed by atoms with van der Waals surface area (Å²) < 4.78 is 11.7. The summed E-state index contributed by atoms with van der Waals surface area (Å²) in [5.41, 5.74) is 5.28. The fraction of sp³-hybridized carbons (Fsp3) is 0.107. The highest BCUT2D eigenvalue weighted by Crippen LogP contribution is 2.33. The molecule has 0 aliphatic carbocycles. The summed E-state index contributed by atoms with van der Waals surface area (Å²) in [4.78, 5) is 31.6. The van der Waals surface area contributed by atoms with E-state index >= 15 is 0 Å². The number of aromatic amines is 1. The third-order valence-corrected chi connectivity index (χ3v) is 6.12. The Morgan fingerprint density at radius 1 is 1.15 bits per heavy atom. The van der Waals surface area contributed by atoms with Crippen LogP contribution in [0.4, 0.5) is 11.6 Å². The number of rotatable bonds is 9. The number of nitriles is 1. The minimum atomic E-state index is -0.584. The molecule has 0 fully saturated rings. The smallest absolute Gasteiger partial charge is 0.270 e. The second-order valence-electron chi connectivity index (χ2n) is 8.21. The van der Waals surface area contributed by atoms with E-state index in [4.69, 9.17) is 9.47 Å². The molecule has 3 aromatic carbocycles. The number of methoxy groups -OCH3 is 1. The molecule has 1 aromatic heterocycles. The van der Waals surface area contributed by atoms with Crippen LogP contribution in [0.25, 0.3) is 11.3 Å². The zero-order valence-corrected chi connectivity index (χ0v) is 22.6. The van der Waals surface area contributed by atoms with Crippen LogP contribution < -0.4 is 25.8 Å². The van der Waals surface area contributed by atoms with Crippen LogP contribution in [0.1, 0.15) is 16.7 Å². The van der Waals surface area contributed by atoms with Crippen LogP contribution in [-0.2, 0) is 4.79 Å². The molecular weight excluding hydrogens is 564 g/mol. The predicted molar refractivity (Wildman–Crippen MR) is 152 cm³/mol. The fourth-order valence-electron chi connectivity index (χ4n) is 3.50. The maximum Gasteiger partial charge on any atom is 0.270 e. The number of nitrogens with one attached hydrogen (secondary N) is 3. The van der Waals surface area contributed by atoms with E-state index in [1.807, 2.05) is 43.3 Å². The van der Waals surface area contributed by atoms with Gasteiger partial charge in [-0.2, -0.15) is 10.4 Å². The Bertz CT molecular complexity index is 1610. The number of carbonyl (C=O) groups is 1. The highest BCUT2D eigenvalue weighted by Gasteiger charge is 2.14. The summed E-state index contributed by atoms with van der Waals surface area (Å²) in [6, 6.07) is 21.6. The first-order chi connectivity index (χ1) is 18.9. The highest BCUT2D eigenvalue weighted by molar-refractivity contribution is 9.10. The third kappa shape index (κ3) is 6.88. The van der Waals surface area contributed by atoms with Crippen molar-refractivity contribution in [1.29, 1.82) is 5.26 Å². The molecule has 39 heavy (non-hydrogen) atoms. The van der Waals surface area contributed by atoms with Gasteiger partial charge in [-0.15, -0.1) is 0 Å². The van der Waals surface area contributed by atoms with Crippen molar-refractivity contribution in [1.82, 2.24) is 9.97 Å². The van der Waals surface area contributed by atoms with E-state index in [9.17, 15) is 14.9 Å². The molecule has 3 N–H and O–H groups in total. The molecule has 0 aliphatic rings. The van der Waals surface area contributed by atoms with Crippen LogP contribution in [0, 0.1) is 18.3 Å². The van der Waals surface area contributed by atoms with Crippen LogP contribution in [0.2, 0.25) is 0 Å². The van der Waals surface area contributed by atoms with Gasteiger partial charge < -0.3 is 14.8 Å². The SMILES string of the molecule is COc1cc(C=NNc2nc(-c3ccccc3)c(C#N)c(=O)[nH]2)c(Br)cc1OCC(=O)Nc1ccc(C)cc1. The molecule has 10 nitrogen and oxygen atoms in total. The number of hydrazone groups is 1. The summed E-state index contributed by atoms with van der Waals surface area (Å²) in [6.45, 7) is 1.75. The summed E-state index contributed by atoms with van der Waals surface area (Å²) in [6.07, 6.45) is 1.49. The Labute approximate surface area is 232 Å². The van der Waals surface area contributed by atoms with E-state index in [0.717, 1.165) is 5.56 Å². The van der Waals surface area contributed by atoms with Crippen molar-refractivity contribution in [2.24, 2.45) is 5.10 Å². The number of halogens is 1. The lowest BCUT2D eigenvalue weighted by atomic mass is 10.1. The molecule has 0 unspecified atom stereocenters. The molecule has 0 aliphatic heterocycles. The van der Waals surface area contributed by atoms with Crippen molar-refractivity contribution < 1.29 is 14.3 Å². The second kappa shape index (κ2) is 12.5. The Hall–Kier alpha value is -4.95. The minimum absolute atomic E-state index is 0.0664. The quantitative estimate of drug-likeness (QED) is 0.188. The number of amides is 1. The molecular formula is C28H23BrN6O4. The summed E-state index contributed by atoms with van der Waals surface area (Å²) in [7, 11) is 1.48. The Morgan fingerprint density at radius 3 is 2.59 bits per heavy atom. The fourth-order valence-corrected chi connectivity index (χ4v) is 3.92. The van der Waals surface area contributed by atoms with Crippen molar-refractivity contribution in [2.45, 2.75) is 6.92 Å². The molecule has 11 heteroatoms. The van der Waals surface area contributed by atoms with Gasteiger partial charge in [0.15, 0.2) is 18.1 Å². The lowest BCUT2D eigenvalue weighted by molar-refractivity contribution is -0.118. The number of anilines is 2. The molecule has 196 valence electrons. The number of ether oxygens (including phenoxy) is 2. The molecule has 0 saturated carbocycles. The van der Waals surface area contributed by atoms with Gasteiger partial charge in [0, 0.05) is 21.3 Å². The first kappa shape index (κ1) is 27.1. The van der Waals surface area contributed by atoms with Crippen LogP contribution >= 0.6 is 15.9 Å². The molecule has 1 heterocycles. The summed E-state index contributed by atoms with van der Waals surface area (Å²) in [5, 5.41) is 16.3. The normalized spacial score (nSPS) is 10.6. The van der Waals surface area contributed by atoms with E-state index in [0.29, 0.717) is 32.8 Å². The minimum Gasteiger partial charge on any atom is -0.493 e. The molecule has 1 amide bonds. The van der Waals surface area contributed by atoms with Crippen LogP contribution in [0.5, 0.6) is 11.5 Å². The van der Waals surface area contributed by atoms with E-state index in [2.05, 4.69) is 41.7 Å². The molecule has 0 saturated heterocycles. The zero-order chi connectivity index (χ0) is 27.8. The van der Waals surface area contributed by atoms with Crippen molar-refractivity contribution in [3.8, 4) is 28.8 Å². The van der Waals surface area contributed by atoms with E-state index in [1.165, 1.54) is 13.3 Å². The van der Waals surface area contributed by atoms with E-state index in [-0.39, 0.29) is 29.7 Å². The maximum atomic E-state index is 12.4. The van der Waals surface area contributed by atoms with Crippen LogP contribution in [0.3, 0.4) is 0 Å². The van der Waals surface area contributed by atoms with Gasteiger partial charge in [0.1, 0.15) is 11.6 Å². The monoisotopic (exact) mass is 586 g/mol. The van der Waals surface area contributed by atoms with Gasteiger partial charge in [-0.3, -0.25) is 14.6 Å². The zero-order valence-electron chi connectivity index (χ0n) is 21.0. The number of nitrogens with zero attached hydrogens (tertiary/aromatic N) is 3. The van der Waals surface area contributed by atoms with E-state index in [1.54, 1.807) is 36.4 Å². The third-order valence-electron chi connectivity index (χ3n) is 5.43. The lowest BCUT2D eigenvalue weighted by Crippen LogP contribution is -2.20. The highest BCUT2D eigenvalue weighted by atomic mass is 79.9. The molecule has 4 rings (SSSR count). The van der Waals surface area contributed by atoms with Crippen molar-refractivity contribution in [3.63, 3.8) is 0 Å². The van der Waals surface area contributed by atoms with Gasteiger partial charge in [0.2, 0.25) is 5.95 Å². The van der Waals surface area contributed by atoms with Crippen LogP contribution in [0.15, 0.2) is 81.1 Å². The number of aryl methyl sites for hydroxylation is 1. The van der Waals surface area contributed by atoms with Gasteiger partial charge in [-0.05, 0) is 47.1 Å². The number of benzene rings is 3. The number of H-pyrrole nitrogens is 1. The number of hydrogen-bond donors (Lipinski definition) is 3. The van der Waals surface area contributed by atoms with Gasteiger partial charge in [0.05, 0.1) is 19.0 Å². The van der Waals surface area contributed by atoms with Crippen LogP contribution in [-0.4, -0.2) is 35.8 Å². The first-order valence-corrected chi connectivity index (χ1v) is 12.4. The largest absolute Gasteiger partial charge is 0.493 e. The molecule has 4 aromatic rings. The van der Waals surface area contributed by atoms with Gasteiger partial charge >= 0.3 is 0 Å². The number of hydrogen-bond acceptors (Lipinski definition) is 8. The Kier molecular flexibility index (Phi) is 8.71.